The summed E-state index contributed by atoms with van der Waals surface area (Å²) in [6.45, 7) is 5.29. The Bertz CT molecular complexity index is 329. The molecule has 1 aliphatic rings. The fourth-order valence-electron chi connectivity index (χ4n) is 1.90. The molecule has 1 aliphatic heterocycles. The van der Waals surface area contributed by atoms with Crippen LogP contribution in [-0.2, 0) is 0 Å². The number of nitrogens with one attached hydrogen (secondary N) is 1. The topological polar surface area (TPSA) is 37.4 Å². The molecule has 0 unspecified atom stereocenters. The van der Waals surface area contributed by atoms with Crippen molar-refractivity contribution < 1.29 is 4.74 Å². The molecule has 15 heavy (non-hydrogen) atoms. The standard InChI is InChI=1S/C11H17N3O/c1-9-6-12-3-4-14(9)10-5-11(15-2)8-13-7-10/h5,7-9,12H,3-4,6H2,1-2H3/t9-/m0/s1. The molecule has 0 radical (unpaired) electrons. The number of methoxy groups -OCH3 is 1. The minimum Gasteiger partial charge on any atom is -0.495 e. The van der Waals surface area contributed by atoms with Crippen LogP contribution in [0.5, 0.6) is 5.75 Å². The second kappa shape index (κ2) is 4.49. The maximum absolute atomic E-state index is 5.18. The SMILES string of the molecule is COc1cncc(N2CCNC[C@@H]2C)c1. The van der Waals surface area contributed by atoms with Gasteiger partial charge in [-0.1, -0.05) is 0 Å². The van der Waals surface area contributed by atoms with Crippen LogP contribution in [0.25, 0.3) is 0 Å². The summed E-state index contributed by atoms with van der Waals surface area (Å²) in [6, 6.07) is 2.54. The molecule has 1 saturated heterocycles. The van der Waals surface area contributed by atoms with Gasteiger partial charge < -0.3 is 15.0 Å². The second-order valence-electron chi connectivity index (χ2n) is 3.83. The van der Waals surface area contributed by atoms with E-state index in [9.17, 15) is 0 Å². The molecule has 4 nitrogen and oxygen atoms in total. The van der Waals surface area contributed by atoms with E-state index in [-0.39, 0.29) is 0 Å². The van der Waals surface area contributed by atoms with Crippen LogP contribution >= 0.6 is 0 Å². The molecular formula is C11H17N3O. The first-order valence-corrected chi connectivity index (χ1v) is 5.27. The highest BCUT2D eigenvalue weighted by atomic mass is 16.5. The Hall–Kier alpha value is -1.29. The minimum absolute atomic E-state index is 0.507. The molecule has 0 aliphatic carbocycles. The lowest BCUT2D eigenvalue weighted by atomic mass is 10.2. The number of aromatic nitrogens is 1. The summed E-state index contributed by atoms with van der Waals surface area (Å²) >= 11 is 0. The van der Waals surface area contributed by atoms with Crippen LogP contribution in [0.3, 0.4) is 0 Å². The van der Waals surface area contributed by atoms with Gasteiger partial charge in [-0.05, 0) is 6.92 Å². The number of hydrogen-bond acceptors (Lipinski definition) is 4. The average Bonchev–Trinajstić information content (AvgIpc) is 2.30. The van der Waals surface area contributed by atoms with Crippen molar-refractivity contribution in [2.24, 2.45) is 0 Å². The predicted octanol–water partition coefficient (Wildman–Crippen LogP) is 0.888. The summed E-state index contributed by atoms with van der Waals surface area (Å²) in [5, 5.41) is 3.37. The Labute approximate surface area is 90.3 Å². The maximum atomic E-state index is 5.18. The predicted molar refractivity (Wildman–Crippen MR) is 60.5 cm³/mol. The molecule has 0 saturated carbocycles. The fraction of sp³-hybridized carbons (Fsp3) is 0.545. The van der Waals surface area contributed by atoms with Crippen molar-refractivity contribution in [3.05, 3.63) is 18.5 Å². The molecule has 1 N–H and O–H groups in total. The van der Waals surface area contributed by atoms with Gasteiger partial charge in [-0.15, -0.1) is 0 Å². The Morgan fingerprint density at radius 1 is 1.53 bits per heavy atom. The van der Waals surface area contributed by atoms with Crippen molar-refractivity contribution in [3.63, 3.8) is 0 Å². The highest BCUT2D eigenvalue weighted by Crippen LogP contribution is 2.21. The lowest BCUT2D eigenvalue weighted by Crippen LogP contribution is -2.49. The number of nitrogens with zero attached hydrogens (tertiary/aromatic N) is 2. The Morgan fingerprint density at radius 3 is 3.13 bits per heavy atom. The quantitative estimate of drug-likeness (QED) is 0.781. The zero-order chi connectivity index (χ0) is 10.7. The number of hydrogen-bond donors (Lipinski definition) is 1. The van der Waals surface area contributed by atoms with Gasteiger partial charge in [0.25, 0.3) is 0 Å². The molecule has 1 aromatic heterocycles. The van der Waals surface area contributed by atoms with Gasteiger partial charge in [-0.2, -0.15) is 0 Å². The smallest absolute Gasteiger partial charge is 0.139 e. The minimum atomic E-state index is 0.507. The molecule has 0 spiro atoms. The molecule has 82 valence electrons. The first-order valence-electron chi connectivity index (χ1n) is 5.27. The van der Waals surface area contributed by atoms with Gasteiger partial charge in [-0.3, -0.25) is 4.98 Å². The largest absolute Gasteiger partial charge is 0.495 e. The highest BCUT2D eigenvalue weighted by Gasteiger charge is 2.18. The van der Waals surface area contributed by atoms with Gasteiger partial charge in [0.2, 0.25) is 0 Å². The number of anilines is 1. The van der Waals surface area contributed by atoms with E-state index in [1.807, 2.05) is 12.3 Å². The Kier molecular flexibility index (Phi) is 3.06. The molecular weight excluding hydrogens is 190 g/mol. The van der Waals surface area contributed by atoms with Crippen molar-refractivity contribution in [2.75, 3.05) is 31.6 Å². The van der Waals surface area contributed by atoms with E-state index in [2.05, 4.69) is 22.1 Å². The zero-order valence-corrected chi connectivity index (χ0v) is 9.23. The number of rotatable bonds is 2. The molecule has 0 aromatic carbocycles. The van der Waals surface area contributed by atoms with Crippen molar-refractivity contribution in [2.45, 2.75) is 13.0 Å². The number of ether oxygens (including phenoxy) is 1. The van der Waals surface area contributed by atoms with Crippen molar-refractivity contribution in [1.29, 1.82) is 0 Å². The van der Waals surface area contributed by atoms with E-state index in [0.717, 1.165) is 31.1 Å². The van der Waals surface area contributed by atoms with Gasteiger partial charge in [0.05, 0.1) is 25.2 Å². The van der Waals surface area contributed by atoms with Gasteiger partial charge in [0.15, 0.2) is 0 Å². The molecule has 2 heterocycles. The Morgan fingerprint density at radius 2 is 2.40 bits per heavy atom. The first kappa shape index (κ1) is 10.2. The van der Waals surface area contributed by atoms with Crippen LogP contribution in [0, 0.1) is 0 Å². The van der Waals surface area contributed by atoms with Crippen LogP contribution in [-0.4, -0.2) is 37.8 Å². The summed E-state index contributed by atoms with van der Waals surface area (Å²) in [5.41, 5.74) is 1.14. The monoisotopic (exact) mass is 207 g/mol. The first-order chi connectivity index (χ1) is 7.31. The van der Waals surface area contributed by atoms with Gasteiger partial charge >= 0.3 is 0 Å². The number of pyridine rings is 1. The van der Waals surface area contributed by atoms with Crippen molar-refractivity contribution in [1.82, 2.24) is 10.3 Å². The summed E-state index contributed by atoms with van der Waals surface area (Å²) in [6.07, 6.45) is 3.63. The van der Waals surface area contributed by atoms with Crippen molar-refractivity contribution >= 4 is 5.69 Å². The molecule has 0 amide bonds. The molecule has 1 fully saturated rings. The van der Waals surface area contributed by atoms with Gasteiger partial charge in [-0.25, -0.2) is 0 Å². The molecule has 2 rings (SSSR count). The lowest BCUT2D eigenvalue weighted by Gasteiger charge is -2.35. The lowest BCUT2D eigenvalue weighted by molar-refractivity contribution is 0.412. The molecule has 1 atom stereocenters. The summed E-state index contributed by atoms with van der Waals surface area (Å²) in [4.78, 5) is 6.53. The van der Waals surface area contributed by atoms with E-state index in [1.165, 1.54) is 0 Å². The van der Waals surface area contributed by atoms with E-state index < -0.39 is 0 Å². The summed E-state index contributed by atoms with van der Waals surface area (Å²) in [5.74, 6) is 0.818. The molecule has 4 heteroatoms. The molecule has 1 aromatic rings. The maximum Gasteiger partial charge on any atom is 0.139 e. The van der Waals surface area contributed by atoms with E-state index in [0.29, 0.717) is 6.04 Å². The third-order valence-corrected chi connectivity index (χ3v) is 2.77. The van der Waals surface area contributed by atoms with Crippen LogP contribution in [0.1, 0.15) is 6.92 Å². The van der Waals surface area contributed by atoms with Gasteiger partial charge in [0, 0.05) is 31.7 Å². The fourth-order valence-corrected chi connectivity index (χ4v) is 1.90. The van der Waals surface area contributed by atoms with Gasteiger partial charge in [0.1, 0.15) is 5.75 Å². The van der Waals surface area contributed by atoms with Crippen LogP contribution in [0.15, 0.2) is 18.5 Å². The van der Waals surface area contributed by atoms with E-state index in [4.69, 9.17) is 4.74 Å². The Balaban J connectivity index is 2.19. The third-order valence-electron chi connectivity index (χ3n) is 2.77. The van der Waals surface area contributed by atoms with E-state index >= 15 is 0 Å². The second-order valence-corrected chi connectivity index (χ2v) is 3.83. The summed E-state index contributed by atoms with van der Waals surface area (Å²) in [7, 11) is 1.67. The van der Waals surface area contributed by atoms with Crippen LogP contribution in [0.2, 0.25) is 0 Å². The molecule has 0 bridgehead atoms. The normalized spacial score (nSPS) is 21.5. The van der Waals surface area contributed by atoms with Crippen LogP contribution in [0.4, 0.5) is 5.69 Å². The van der Waals surface area contributed by atoms with Crippen molar-refractivity contribution in [3.8, 4) is 5.75 Å². The highest BCUT2D eigenvalue weighted by molar-refractivity contribution is 5.49. The average molecular weight is 207 g/mol. The number of piperazine rings is 1. The zero-order valence-electron chi connectivity index (χ0n) is 9.23. The summed E-state index contributed by atoms with van der Waals surface area (Å²) < 4.78 is 5.18. The third kappa shape index (κ3) is 2.21. The van der Waals surface area contributed by atoms with Crippen LogP contribution < -0.4 is 15.0 Å². The van der Waals surface area contributed by atoms with E-state index in [1.54, 1.807) is 13.3 Å².